The normalized spacial score (nSPS) is 13.7. The van der Waals surface area contributed by atoms with Crippen LogP contribution in [0.2, 0.25) is 0 Å². The maximum Gasteiger partial charge on any atom is 0.220 e. The van der Waals surface area contributed by atoms with Gasteiger partial charge in [-0.3, -0.25) is 4.79 Å². The Balaban J connectivity index is 3.60. The number of hydrogen-bond donors (Lipinski definition) is 3. The number of nitrogens with one attached hydrogen (secondary N) is 1. The number of carbonyl (C=O) groups is 1. The Morgan fingerprint density at radius 3 is 0.917 bits per heavy atom. The number of hydrogen-bond acceptors (Lipinski definition) is 3. The van der Waals surface area contributed by atoms with Crippen molar-refractivity contribution in [3.05, 3.63) is 122 Å². The summed E-state index contributed by atoms with van der Waals surface area (Å²) in [6.45, 7) is 4.25. The molecule has 3 N–H and O–H groups in total. The topological polar surface area (TPSA) is 69.6 Å². The van der Waals surface area contributed by atoms with E-state index in [2.05, 4.69) is 141 Å². The highest BCUT2D eigenvalue weighted by molar-refractivity contribution is 5.76. The lowest BCUT2D eigenvalue weighted by Gasteiger charge is -2.22. The van der Waals surface area contributed by atoms with Gasteiger partial charge in [0.2, 0.25) is 5.91 Å². The largest absolute Gasteiger partial charge is 0.394 e. The van der Waals surface area contributed by atoms with Crippen LogP contribution in [0, 0.1) is 0 Å². The lowest BCUT2D eigenvalue weighted by molar-refractivity contribution is -0.123. The molecule has 0 aromatic heterocycles. The molecule has 2 atom stereocenters. The van der Waals surface area contributed by atoms with Gasteiger partial charge in [-0.2, -0.15) is 0 Å². The molecule has 412 valence electrons. The Kier molecular flexibility index (Phi) is 59.3. The van der Waals surface area contributed by atoms with Crippen molar-refractivity contribution >= 4 is 5.91 Å². The zero-order chi connectivity index (χ0) is 52.0. The molecule has 0 aromatic rings. The average Bonchev–Trinajstić information content (AvgIpc) is 3.39. The molecule has 1 amide bonds. The van der Waals surface area contributed by atoms with Gasteiger partial charge in [0.1, 0.15) is 0 Å². The number of aliphatic hydroxyl groups excluding tert-OH is 2. The van der Waals surface area contributed by atoms with Crippen LogP contribution in [0.15, 0.2) is 122 Å². The molecular weight excluding hydrogens is 879 g/mol. The van der Waals surface area contributed by atoms with Crippen molar-refractivity contribution in [3.8, 4) is 0 Å². The van der Waals surface area contributed by atoms with Crippen LogP contribution >= 0.6 is 0 Å². The highest BCUT2D eigenvalue weighted by atomic mass is 16.3. The Morgan fingerprint density at radius 1 is 0.347 bits per heavy atom. The zero-order valence-electron chi connectivity index (χ0n) is 47.4. The third kappa shape index (κ3) is 57.7. The van der Waals surface area contributed by atoms with Crippen LogP contribution in [-0.2, 0) is 4.79 Å². The van der Waals surface area contributed by atoms with E-state index in [1.54, 1.807) is 0 Å². The van der Waals surface area contributed by atoms with Gasteiger partial charge >= 0.3 is 0 Å². The predicted molar refractivity (Wildman–Crippen MR) is 322 cm³/mol. The monoisotopic (exact) mass is 996 g/mol. The van der Waals surface area contributed by atoms with Gasteiger partial charge in [-0.15, -0.1) is 0 Å². The lowest BCUT2D eigenvalue weighted by atomic mass is 10.0. The molecule has 0 heterocycles. The number of unbranched alkanes of at least 4 members (excludes halogenated alkanes) is 28. The van der Waals surface area contributed by atoms with Crippen LogP contribution in [0.4, 0.5) is 0 Å². The van der Waals surface area contributed by atoms with E-state index >= 15 is 0 Å². The van der Waals surface area contributed by atoms with Crippen molar-refractivity contribution in [2.24, 2.45) is 0 Å². The first kappa shape index (κ1) is 68.8. The van der Waals surface area contributed by atoms with E-state index in [9.17, 15) is 15.0 Å². The van der Waals surface area contributed by atoms with E-state index in [1.165, 1.54) is 154 Å². The predicted octanol–water partition coefficient (Wildman–Crippen LogP) is 20.8. The highest BCUT2D eigenvalue weighted by Crippen LogP contribution is 2.17. The van der Waals surface area contributed by atoms with Gasteiger partial charge in [0.05, 0.1) is 18.8 Å². The van der Waals surface area contributed by atoms with Crippen LogP contribution in [0.3, 0.4) is 0 Å². The maximum absolute atomic E-state index is 12.5. The van der Waals surface area contributed by atoms with E-state index in [-0.39, 0.29) is 12.5 Å². The van der Waals surface area contributed by atoms with Gasteiger partial charge in [0.25, 0.3) is 0 Å². The van der Waals surface area contributed by atoms with Crippen LogP contribution in [0.5, 0.6) is 0 Å². The summed E-state index contributed by atoms with van der Waals surface area (Å²) in [5.41, 5.74) is 0. The molecule has 0 bridgehead atoms. The minimum atomic E-state index is -0.676. The first-order valence-corrected chi connectivity index (χ1v) is 30.7. The number of amides is 1. The molecule has 0 saturated carbocycles. The fourth-order valence-corrected chi connectivity index (χ4v) is 8.86. The minimum Gasteiger partial charge on any atom is -0.394 e. The third-order valence-corrected chi connectivity index (χ3v) is 13.5. The molecule has 4 nitrogen and oxygen atoms in total. The average molecular weight is 997 g/mol. The molecule has 0 radical (unpaired) electrons. The summed E-state index contributed by atoms with van der Waals surface area (Å²) < 4.78 is 0. The minimum absolute atomic E-state index is 0.0479. The quantitative estimate of drug-likeness (QED) is 0.0420. The summed E-state index contributed by atoms with van der Waals surface area (Å²) in [4.78, 5) is 12.5. The smallest absolute Gasteiger partial charge is 0.220 e. The molecular formula is C68H117NO3. The summed E-state index contributed by atoms with van der Waals surface area (Å²) >= 11 is 0. The second kappa shape index (κ2) is 62.1. The van der Waals surface area contributed by atoms with Gasteiger partial charge in [-0.05, 0) is 89.9 Å². The van der Waals surface area contributed by atoms with Crippen molar-refractivity contribution in [2.75, 3.05) is 6.61 Å². The molecule has 0 spiro atoms. The van der Waals surface area contributed by atoms with Crippen molar-refractivity contribution in [1.29, 1.82) is 0 Å². The molecule has 0 aliphatic carbocycles. The molecule has 2 unspecified atom stereocenters. The third-order valence-electron chi connectivity index (χ3n) is 13.5. The molecule has 72 heavy (non-hydrogen) atoms. The zero-order valence-corrected chi connectivity index (χ0v) is 47.4. The fourth-order valence-electron chi connectivity index (χ4n) is 8.86. The SMILES string of the molecule is CC/C=C\C/C=C\C/C=C\C/C=C\C/C=C\C/C=C\C/C=C\C/C=C\C/C=C\C/C=C\CCCCCCCCC(=O)NC(CO)C(O)CCCCCCCCCCCCCCCCCCCCCCCCC. The lowest BCUT2D eigenvalue weighted by Crippen LogP contribution is -2.45. The fraction of sp³-hybridized carbons (Fsp3) is 0.691. The summed E-state index contributed by atoms with van der Waals surface area (Å²) in [5, 5.41) is 23.4. The van der Waals surface area contributed by atoms with Crippen molar-refractivity contribution < 1.29 is 15.0 Å². The summed E-state index contributed by atoms with van der Waals surface area (Å²) in [7, 11) is 0. The molecule has 4 heteroatoms. The molecule has 0 aliphatic rings. The van der Waals surface area contributed by atoms with Gasteiger partial charge in [0.15, 0.2) is 0 Å². The van der Waals surface area contributed by atoms with Crippen LogP contribution < -0.4 is 5.32 Å². The number of rotatable bonds is 55. The van der Waals surface area contributed by atoms with Gasteiger partial charge in [0, 0.05) is 6.42 Å². The Hall–Kier alpha value is -3.21. The van der Waals surface area contributed by atoms with Gasteiger partial charge < -0.3 is 15.5 Å². The first-order valence-electron chi connectivity index (χ1n) is 30.7. The van der Waals surface area contributed by atoms with E-state index in [1.807, 2.05) is 0 Å². The number of carbonyl (C=O) groups excluding carboxylic acids is 1. The summed E-state index contributed by atoms with van der Waals surface area (Å²) in [6, 6.07) is -0.554. The molecule has 0 aromatic carbocycles. The Labute approximate surface area is 448 Å². The second-order valence-corrected chi connectivity index (χ2v) is 20.4. The first-order chi connectivity index (χ1) is 35.7. The van der Waals surface area contributed by atoms with Gasteiger partial charge in [-0.25, -0.2) is 0 Å². The van der Waals surface area contributed by atoms with E-state index in [4.69, 9.17) is 0 Å². The van der Waals surface area contributed by atoms with Gasteiger partial charge in [-0.1, -0.05) is 309 Å². The van der Waals surface area contributed by atoms with Crippen LogP contribution in [-0.4, -0.2) is 34.9 Å². The van der Waals surface area contributed by atoms with Crippen molar-refractivity contribution in [2.45, 2.75) is 296 Å². The summed E-state index contributed by atoms with van der Waals surface area (Å²) in [6.07, 6.45) is 94.8. The van der Waals surface area contributed by atoms with Crippen molar-refractivity contribution in [1.82, 2.24) is 5.32 Å². The van der Waals surface area contributed by atoms with Crippen molar-refractivity contribution in [3.63, 3.8) is 0 Å². The molecule has 0 fully saturated rings. The highest BCUT2D eigenvalue weighted by Gasteiger charge is 2.20. The number of allylic oxidation sites excluding steroid dienone is 20. The van der Waals surface area contributed by atoms with Crippen LogP contribution in [0.25, 0.3) is 0 Å². The number of aliphatic hydroxyl groups is 2. The Bertz CT molecular complexity index is 1410. The standard InChI is InChI=1S/C68H117NO3/c1-3-5-7-9-11-13-15-17-19-21-23-25-27-28-29-30-31-32-33-34-35-36-37-38-39-40-42-44-46-48-50-52-54-56-58-60-62-64-68(72)69-66(65-70)67(71)63-61-59-57-55-53-51-49-47-45-43-41-26-24-22-20-18-16-14-12-10-8-6-4-2/h5,7,11,13,17,19,23,25,28-29,31-32,34-35,37-38,40,42,46,48,66-67,70-71H,3-4,6,8-10,12,14-16,18,20-22,24,26-27,30,33,36,39,41,43-45,47,49-65H2,1-2H3,(H,69,72)/b7-5-,13-11-,19-17-,25-23-,29-28-,32-31-,35-34-,38-37-,42-40-,48-46-. The van der Waals surface area contributed by atoms with E-state index < -0.39 is 12.1 Å². The second-order valence-electron chi connectivity index (χ2n) is 20.4. The summed E-state index contributed by atoms with van der Waals surface area (Å²) in [5.74, 6) is -0.0479. The Morgan fingerprint density at radius 2 is 0.611 bits per heavy atom. The molecule has 0 rings (SSSR count). The molecule has 0 aliphatic heterocycles. The van der Waals surface area contributed by atoms with Crippen LogP contribution in [0.1, 0.15) is 284 Å². The van der Waals surface area contributed by atoms with E-state index in [0.29, 0.717) is 12.8 Å². The van der Waals surface area contributed by atoms with E-state index in [0.717, 1.165) is 103 Å². The maximum atomic E-state index is 12.5. The molecule has 0 saturated heterocycles.